The lowest BCUT2D eigenvalue weighted by atomic mass is 10.4. The summed E-state index contributed by atoms with van der Waals surface area (Å²) in [6.45, 7) is 4.27. The molecule has 0 radical (unpaired) electrons. The summed E-state index contributed by atoms with van der Waals surface area (Å²) < 4.78 is 8.37. The van der Waals surface area contributed by atoms with Gasteiger partial charge in [0.25, 0.3) is 0 Å². The molecule has 7 heteroatoms. The number of rotatable bonds is 5. The highest BCUT2D eigenvalue weighted by molar-refractivity contribution is 5.69. The van der Waals surface area contributed by atoms with Crippen molar-refractivity contribution in [1.29, 1.82) is 0 Å². The molecule has 0 aliphatic carbocycles. The smallest absolute Gasteiger partial charge is 0.328 e. The number of carbonyl (C=O) groups excluding carboxylic acids is 1. The second-order valence-electron chi connectivity index (χ2n) is 4.48. The third kappa shape index (κ3) is 3.57. The van der Waals surface area contributed by atoms with Gasteiger partial charge < -0.3 is 10.5 Å². The van der Waals surface area contributed by atoms with Gasteiger partial charge in [-0.3, -0.25) is 14.2 Å². The van der Waals surface area contributed by atoms with Gasteiger partial charge in [-0.05, 0) is 26.0 Å². The van der Waals surface area contributed by atoms with E-state index in [2.05, 4.69) is 10.2 Å². The average molecular weight is 263 g/mol. The lowest BCUT2D eigenvalue weighted by Crippen LogP contribution is -2.14. The Labute approximate surface area is 111 Å². The minimum absolute atomic E-state index is 0.0437. The first-order chi connectivity index (χ1) is 9.04. The Balaban J connectivity index is 1.82. The number of esters is 1. The van der Waals surface area contributed by atoms with Crippen LogP contribution in [0.4, 0.5) is 5.82 Å². The van der Waals surface area contributed by atoms with Crippen LogP contribution in [-0.4, -0.2) is 25.5 Å². The van der Waals surface area contributed by atoms with E-state index in [4.69, 9.17) is 10.5 Å². The number of hydrogen-bond acceptors (Lipinski definition) is 5. The molecule has 0 aliphatic rings. The number of aromatic nitrogens is 4. The van der Waals surface area contributed by atoms with Gasteiger partial charge in [0, 0.05) is 18.4 Å². The van der Waals surface area contributed by atoms with Gasteiger partial charge in [-0.1, -0.05) is 0 Å². The van der Waals surface area contributed by atoms with Crippen LogP contribution in [0.5, 0.6) is 0 Å². The summed E-state index contributed by atoms with van der Waals surface area (Å²) in [7, 11) is 0. The van der Waals surface area contributed by atoms with Gasteiger partial charge in [-0.15, -0.1) is 0 Å². The fourth-order valence-electron chi connectivity index (χ4n) is 1.54. The molecule has 0 aromatic carbocycles. The Morgan fingerprint density at radius 3 is 2.74 bits per heavy atom. The third-order valence-corrected chi connectivity index (χ3v) is 2.53. The van der Waals surface area contributed by atoms with Crippen LogP contribution in [0.25, 0.3) is 0 Å². The molecule has 2 N–H and O–H groups in total. The van der Waals surface area contributed by atoms with Crippen molar-refractivity contribution < 1.29 is 9.53 Å². The van der Waals surface area contributed by atoms with Gasteiger partial charge in [0.1, 0.15) is 19.0 Å². The Morgan fingerprint density at radius 2 is 2.16 bits per heavy atom. The van der Waals surface area contributed by atoms with Crippen molar-refractivity contribution in [2.24, 2.45) is 0 Å². The molecule has 102 valence electrons. The molecule has 0 unspecified atom stereocenters. The molecule has 0 fully saturated rings. The zero-order valence-corrected chi connectivity index (χ0v) is 11.0. The second-order valence-corrected chi connectivity index (χ2v) is 4.48. The summed E-state index contributed by atoms with van der Waals surface area (Å²) in [5.41, 5.74) is 6.18. The number of ether oxygens (including phenoxy) is 1. The van der Waals surface area contributed by atoms with Gasteiger partial charge >= 0.3 is 5.97 Å². The van der Waals surface area contributed by atoms with Crippen molar-refractivity contribution in [3.63, 3.8) is 0 Å². The molecular weight excluding hydrogens is 246 g/mol. The van der Waals surface area contributed by atoms with E-state index >= 15 is 0 Å². The van der Waals surface area contributed by atoms with Crippen LogP contribution in [0.3, 0.4) is 0 Å². The van der Waals surface area contributed by atoms with Crippen LogP contribution in [0.2, 0.25) is 0 Å². The van der Waals surface area contributed by atoms with Crippen molar-refractivity contribution in [2.45, 2.75) is 33.0 Å². The maximum absolute atomic E-state index is 11.6. The van der Waals surface area contributed by atoms with Crippen LogP contribution < -0.4 is 5.73 Å². The van der Waals surface area contributed by atoms with Crippen molar-refractivity contribution in [3.8, 4) is 0 Å². The molecule has 0 saturated heterocycles. The molecule has 7 nitrogen and oxygen atoms in total. The van der Waals surface area contributed by atoms with Crippen LogP contribution in [0, 0.1) is 0 Å². The first-order valence-electron chi connectivity index (χ1n) is 6.03. The molecule has 0 saturated carbocycles. The van der Waals surface area contributed by atoms with E-state index in [1.807, 2.05) is 30.8 Å². The van der Waals surface area contributed by atoms with Crippen LogP contribution in [0.1, 0.15) is 25.6 Å². The maximum atomic E-state index is 11.6. The number of hydrogen-bond donors (Lipinski definition) is 1. The highest BCUT2D eigenvalue weighted by Crippen LogP contribution is 2.05. The van der Waals surface area contributed by atoms with E-state index in [1.165, 1.54) is 4.68 Å². The number of anilines is 1. The number of nitrogens with zero attached hydrogens (tertiary/aromatic N) is 4. The Kier molecular flexibility index (Phi) is 3.84. The molecule has 0 bridgehead atoms. The highest BCUT2D eigenvalue weighted by Gasteiger charge is 2.08. The summed E-state index contributed by atoms with van der Waals surface area (Å²) in [6.07, 6.45) is 3.49. The summed E-state index contributed by atoms with van der Waals surface area (Å²) in [5, 5.41) is 8.20. The Hall–Kier alpha value is -2.31. The lowest BCUT2D eigenvalue weighted by molar-refractivity contribution is -0.146. The SMILES string of the molecule is CC(C)n1ccc(COC(=O)Cn2ccc(N)n2)n1. The third-order valence-electron chi connectivity index (χ3n) is 2.53. The average Bonchev–Trinajstić information content (AvgIpc) is 2.96. The van der Waals surface area contributed by atoms with E-state index in [9.17, 15) is 4.79 Å². The summed E-state index contributed by atoms with van der Waals surface area (Å²) in [4.78, 5) is 11.6. The fourth-order valence-corrected chi connectivity index (χ4v) is 1.54. The van der Waals surface area contributed by atoms with E-state index in [1.54, 1.807) is 12.3 Å². The minimum Gasteiger partial charge on any atom is -0.458 e. The summed E-state index contributed by atoms with van der Waals surface area (Å²) in [6, 6.07) is 3.74. The van der Waals surface area contributed by atoms with Crippen molar-refractivity contribution in [2.75, 3.05) is 5.73 Å². The number of carbonyl (C=O) groups is 1. The van der Waals surface area contributed by atoms with Gasteiger partial charge in [0.15, 0.2) is 0 Å². The first kappa shape index (κ1) is 13.1. The predicted octanol–water partition coefficient (Wildman–Crippen LogP) is 0.986. The molecular formula is C12H17N5O2. The lowest BCUT2D eigenvalue weighted by Gasteiger charge is -2.05. The summed E-state index contributed by atoms with van der Waals surface area (Å²) >= 11 is 0. The van der Waals surface area contributed by atoms with Crippen molar-refractivity contribution in [1.82, 2.24) is 19.6 Å². The molecule has 0 aliphatic heterocycles. The van der Waals surface area contributed by atoms with Gasteiger partial charge in [-0.2, -0.15) is 10.2 Å². The quantitative estimate of drug-likeness (QED) is 0.812. The monoisotopic (exact) mass is 263 g/mol. The molecule has 0 atom stereocenters. The van der Waals surface area contributed by atoms with Gasteiger partial charge in [-0.25, -0.2) is 0 Å². The highest BCUT2D eigenvalue weighted by atomic mass is 16.5. The largest absolute Gasteiger partial charge is 0.458 e. The standard InChI is InChI=1S/C12H17N5O2/c1-9(2)17-6-3-10(14-17)8-19-12(18)7-16-5-4-11(13)15-16/h3-6,9H,7-8H2,1-2H3,(H2,13,15). The Morgan fingerprint density at radius 1 is 1.37 bits per heavy atom. The minimum atomic E-state index is -0.373. The predicted molar refractivity (Wildman–Crippen MR) is 69.0 cm³/mol. The van der Waals surface area contributed by atoms with Crippen molar-refractivity contribution >= 4 is 11.8 Å². The van der Waals surface area contributed by atoms with Crippen LogP contribution in [-0.2, 0) is 22.7 Å². The Bertz CT molecular complexity index is 558. The van der Waals surface area contributed by atoms with Gasteiger partial charge in [0.2, 0.25) is 0 Å². The van der Waals surface area contributed by atoms with Crippen molar-refractivity contribution in [3.05, 3.63) is 30.2 Å². The van der Waals surface area contributed by atoms with E-state index in [0.29, 0.717) is 5.82 Å². The fraction of sp³-hybridized carbons (Fsp3) is 0.417. The normalized spacial score (nSPS) is 10.9. The number of nitrogens with two attached hydrogens (primary N) is 1. The molecule has 2 aromatic heterocycles. The molecule has 0 amide bonds. The molecule has 2 heterocycles. The van der Waals surface area contributed by atoms with E-state index in [-0.39, 0.29) is 25.2 Å². The number of nitrogen functional groups attached to an aromatic ring is 1. The van der Waals surface area contributed by atoms with E-state index < -0.39 is 0 Å². The first-order valence-corrected chi connectivity index (χ1v) is 6.03. The molecule has 0 spiro atoms. The second kappa shape index (κ2) is 5.55. The zero-order valence-electron chi connectivity index (χ0n) is 11.0. The van der Waals surface area contributed by atoms with Crippen LogP contribution in [0.15, 0.2) is 24.5 Å². The van der Waals surface area contributed by atoms with E-state index in [0.717, 1.165) is 5.69 Å². The molecule has 2 rings (SSSR count). The molecule has 2 aromatic rings. The zero-order chi connectivity index (χ0) is 13.8. The maximum Gasteiger partial charge on any atom is 0.328 e. The summed E-state index contributed by atoms with van der Waals surface area (Å²) in [5.74, 6) is 0.00525. The molecule has 19 heavy (non-hydrogen) atoms. The van der Waals surface area contributed by atoms with Crippen LogP contribution >= 0.6 is 0 Å². The topological polar surface area (TPSA) is 88.0 Å². The van der Waals surface area contributed by atoms with Gasteiger partial charge in [0.05, 0.1) is 5.69 Å².